The van der Waals surface area contributed by atoms with Gasteiger partial charge in [0, 0.05) is 36.2 Å². The number of carbonyl (C=O) groups excluding carboxylic acids is 2. The van der Waals surface area contributed by atoms with E-state index in [1.54, 1.807) is 24.0 Å². The molecule has 1 aliphatic heterocycles. The maximum Gasteiger partial charge on any atom is 0.250 e. The van der Waals surface area contributed by atoms with Gasteiger partial charge in [0.25, 0.3) is 0 Å². The van der Waals surface area contributed by atoms with Crippen LogP contribution in [0, 0.1) is 0 Å². The molecule has 0 spiro atoms. The highest BCUT2D eigenvalue weighted by molar-refractivity contribution is 6.05. The first kappa shape index (κ1) is 21.5. The third-order valence-corrected chi connectivity index (χ3v) is 4.92. The zero-order valence-electron chi connectivity index (χ0n) is 17.3. The Labute approximate surface area is 176 Å². The molecule has 1 unspecified atom stereocenters. The van der Waals surface area contributed by atoms with E-state index in [0.717, 1.165) is 29.4 Å². The average molecular weight is 405 g/mol. The summed E-state index contributed by atoms with van der Waals surface area (Å²) in [7, 11) is 0. The number of fused-ring (bicyclic) bond motifs is 1. The second-order valence-corrected chi connectivity index (χ2v) is 7.56. The number of hydrogen-bond acceptors (Lipinski definition) is 5. The standard InChI is InChI=1S/C24H27N3O3/c1-3-10-27(14-16(2)29)24(30)21-11-20-9-8-19(12-22(20)26-23(25)13-21)18-6-4-17(15-28)5-7-18/h4-9,11-12,15-16,29H,3,10,13-14H2,1-2H3,(H2,25,26). The molecule has 3 rings (SSSR count). The van der Waals surface area contributed by atoms with Crippen LogP contribution in [-0.2, 0) is 4.79 Å². The Morgan fingerprint density at radius 2 is 1.93 bits per heavy atom. The van der Waals surface area contributed by atoms with Crippen molar-refractivity contribution in [1.82, 2.24) is 4.90 Å². The number of rotatable bonds is 7. The van der Waals surface area contributed by atoms with E-state index < -0.39 is 6.10 Å². The van der Waals surface area contributed by atoms with Gasteiger partial charge in [-0.3, -0.25) is 9.59 Å². The summed E-state index contributed by atoms with van der Waals surface area (Å²) in [6.45, 7) is 4.52. The van der Waals surface area contributed by atoms with Crippen molar-refractivity contribution in [3.8, 4) is 11.1 Å². The molecule has 2 aromatic rings. The van der Waals surface area contributed by atoms with E-state index in [0.29, 0.717) is 29.2 Å². The van der Waals surface area contributed by atoms with Gasteiger partial charge < -0.3 is 15.7 Å². The summed E-state index contributed by atoms with van der Waals surface area (Å²) < 4.78 is 0. The van der Waals surface area contributed by atoms with Gasteiger partial charge in [-0.1, -0.05) is 43.3 Å². The summed E-state index contributed by atoms with van der Waals surface area (Å²) in [4.78, 5) is 30.1. The van der Waals surface area contributed by atoms with Crippen molar-refractivity contribution in [3.05, 3.63) is 59.2 Å². The van der Waals surface area contributed by atoms with Crippen molar-refractivity contribution in [2.75, 3.05) is 13.1 Å². The Hall–Kier alpha value is -3.25. The molecule has 0 bridgehead atoms. The van der Waals surface area contributed by atoms with Crippen LogP contribution in [0.4, 0.5) is 5.69 Å². The minimum absolute atomic E-state index is 0.128. The zero-order chi connectivity index (χ0) is 21.7. The van der Waals surface area contributed by atoms with Crippen molar-refractivity contribution in [2.24, 2.45) is 10.7 Å². The van der Waals surface area contributed by atoms with Crippen LogP contribution in [0.25, 0.3) is 17.2 Å². The third-order valence-electron chi connectivity index (χ3n) is 4.92. The summed E-state index contributed by atoms with van der Waals surface area (Å²) in [5.74, 6) is 0.243. The van der Waals surface area contributed by atoms with Crippen LogP contribution in [-0.4, -0.2) is 47.2 Å². The van der Waals surface area contributed by atoms with Crippen molar-refractivity contribution in [1.29, 1.82) is 0 Å². The summed E-state index contributed by atoms with van der Waals surface area (Å²) in [6.07, 6.45) is 3.12. The summed E-state index contributed by atoms with van der Waals surface area (Å²) in [6, 6.07) is 13.1. The van der Waals surface area contributed by atoms with Crippen molar-refractivity contribution in [3.63, 3.8) is 0 Å². The number of carbonyl (C=O) groups is 2. The molecule has 1 atom stereocenters. The smallest absolute Gasteiger partial charge is 0.250 e. The number of hydrogen-bond donors (Lipinski definition) is 2. The van der Waals surface area contributed by atoms with E-state index >= 15 is 0 Å². The molecule has 0 saturated heterocycles. The fourth-order valence-corrected chi connectivity index (χ4v) is 3.53. The Morgan fingerprint density at radius 3 is 2.57 bits per heavy atom. The van der Waals surface area contributed by atoms with E-state index in [-0.39, 0.29) is 18.9 Å². The fraction of sp³-hybridized carbons (Fsp3) is 0.292. The lowest BCUT2D eigenvalue weighted by Crippen LogP contribution is -2.38. The molecule has 30 heavy (non-hydrogen) atoms. The van der Waals surface area contributed by atoms with Gasteiger partial charge in [-0.2, -0.15) is 0 Å². The minimum Gasteiger partial charge on any atom is -0.392 e. The van der Waals surface area contributed by atoms with Crippen LogP contribution in [0.1, 0.15) is 42.6 Å². The maximum absolute atomic E-state index is 13.1. The quantitative estimate of drug-likeness (QED) is 0.689. The topological polar surface area (TPSA) is 96.0 Å². The van der Waals surface area contributed by atoms with Crippen molar-refractivity contribution >= 4 is 29.8 Å². The summed E-state index contributed by atoms with van der Waals surface area (Å²) in [5.41, 5.74) is 10.7. The second-order valence-electron chi connectivity index (χ2n) is 7.56. The Balaban J connectivity index is 1.95. The molecule has 0 radical (unpaired) electrons. The van der Waals surface area contributed by atoms with Crippen LogP contribution >= 0.6 is 0 Å². The lowest BCUT2D eigenvalue weighted by atomic mass is 10.00. The Kier molecular flexibility index (Phi) is 6.79. The molecule has 156 valence electrons. The van der Waals surface area contributed by atoms with Gasteiger partial charge in [0.15, 0.2) is 0 Å². The van der Waals surface area contributed by atoms with E-state index in [2.05, 4.69) is 4.99 Å². The fourth-order valence-electron chi connectivity index (χ4n) is 3.53. The SMILES string of the molecule is CCCN(CC(C)O)C(=O)C1=Cc2ccc(-c3ccc(C=O)cc3)cc2N=C(N)C1. The van der Waals surface area contributed by atoms with E-state index in [4.69, 9.17) is 5.73 Å². The number of benzene rings is 2. The highest BCUT2D eigenvalue weighted by atomic mass is 16.3. The Morgan fingerprint density at radius 1 is 1.23 bits per heavy atom. The van der Waals surface area contributed by atoms with Gasteiger partial charge in [0.05, 0.1) is 11.8 Å². The predicted molar refractivity (Wildman–Crippen MR) is 120 cm³/mol. The van der Waals surface area contributed by atoms with Crippen LogP contribution in [0.5, 0.6) is 0 Å². The normalized spacial score (nSPS) is 14.1. The first-order valence-electron chi connectivity index (χ1n) is 10.1. The van der Waals surface area contributed by atoms with Crippen molar-refractivity contribution in [2.45, 2.75) is 32.8 Å². The summed E-state index contributed by atoms with van der Waals surface area (Å²) >= 11 is 0. The van der Waals surface area contributed by atoms with Gasteiger partial charge in [0.2, 0.25) is 5.91 Å². The Bertz CT molecular complexity index is 991. The number of amides is 1. The molecular formula is C24H27N3O3. The lowest BCUT2D eigenvalue weighted by molar-refractivity contribution is -0.128. The van der Waals surface area contributed by atoms with Crippen LogP contribution in [0.15, 0.2) is 53.0 Å². The molecule has 1 aliphatic rings. The molecule has 6 heteroatoms. The van der Waals surface area contributed by atoms with E-state index in [1.165, 1.54) is 0 Å². The molecule has 6 nitrogen and oxygen atoms in total. The van der Waals surface area contributed by atoms with E-state index in [9.17, 15) is 14.7 Å². The number of aldehydes is 1. The van der Waals surface area contributed by atoms with Gasteiger partial charge in [-0.25, -0.2) is 4.99 Å². The van der Waals surface area contributed by atoms with Crippen LogP contribution < -0.4 is 5.73 Å². The van der Waals surface area contributed by atoms with Crippen LogP contribution in [0.2, 0.25) is 0 Å². The van der Waals surface area contributed by atoms with Gasteiger partial charge >= 0.3 is 0 Å². The molecule has 0 aliphatic carbocycles. The van der Waals surface area contributed by atoms with E-state index in [1.807, 2.05) is 43.3 Å². The number of aliphatic hydroxyl groups is 1. The molecule has 1 amide bonds. The van der Waals surface area contributed by atoms with Crippen LogP contribution in [0.3, 0.4) is 0 Å². The number of amidine groups is 1. The lowest BCUT2D eigenvalue weighted by Gasteiger charge is -2.24. The summed E-state index contributed by atoms with van der Waals surface area (Å²) in [5, 5.41) is 9.75. The van der Waals surface area contributed by atoms with Gasteiger partial charge in [-0.15, -0.1) is 0 Å². The highest BCUT2D eigenvalue weighted by Gasteiger charge is 2.22. The zero-order valence-corrected chi connectivity index (χ0v) is 17.3. The van der Waals surface area contributed by atoms with Gasteiger partial charge in [-0.05, 0) is 36.6 Å². The number of nitrogens with zero attached hydrogens (tertiary/aromatic N) is 2. The molecule has 0 saturated carbocycles. The average Bonchev–Trinajstić information content (AvgIpc) is 2.90. The number of aliphatic imine (C=N–C) groups is 1. The molecular weight excluding hydrogens is 378 g/mol. The first-order valence-corrected chi connectivity index (χ1v) is 10.1. The monoisotopic (exact) mass is 405 g/mol. The molecule has 1 heterocycles. The molecule has 3 N–H and O–H groups in total. The number of aliphatic hydroxyl groups excluding tert-OH is 1. The molecule has 2 aromatic carbocycles. The predicted octanol–water partition coefficient (Wildman–Crippen LogP) is 3.56. The minimum atomic E-state index is -0.599. The second kappa shape index (κ2) is 9.50. The molecule has 0 aromatic heterocycles. The number of nitrogens with two attached hydrogens (primary N) is 1. The van der Waals surface area contributed by atoms with Crippen molar-refractivity contribution < 1.29 is 14.7 Å². The molecule has 0 fully saturated rings. The maximum atomic E-state index is 13.1. The first-order chi connectivity index (χ1) is 14.4. The third kappa shape index (κ3) is 5.02. The highest BCUT2D eigenvalue weighted by Crippen LogP contribution is 2.32. The largest absolute Gasteiger partial charge is 0.392 e. The van der Waals surface area contributed by atoms with Gasteiger partial charge in [0.1, 0.15) is 12.1 Å².